The van der Waals surface area contributed by atoms with Crippen molar-refractivity contribution in [1.82, 2.24) is 19.4 Å². The average Bonchev–Trinajstić information content (AvgIpc) is 3.26. The molecule has 146 valence electrons. The molecule has 0 saturated carbocycles. The Kier molecular flexibility index (Phi) is 5.31. The van der Waals surface area contributed by atoms with Gasteiger partial charge >= 0.3 is 0 Å². The fourth-order valence-electron chi connectivity index (χ4n) is 3.96. The highest BCUT2D eigenvalue weighted by Crippen LogP contribution is 2.35. The first kappa shape index (κ1) is 19.0. The van der Waals surface area contributed by atoms with Gasteiger partial charge in [-0.25, -0.2) is 4.98 Å². The zero-order chi connectivity index (χ0) is 19.1. The molecule has 1 saturated heterocycles. The van der Waals surface area contributed by atoms with Crippen molar-refractivity contribution in [1.29, 1.82) is 0 Å². The van der Waals surface area contributed by atoms with E-state index in [-0.39, 0.29) is 16.7 Å². The van der Waals surface area contributed by atoms with E-state index in [1.54, 1.807) is 23.0 Å². The van der Waals surface area contributed by atoms with Gasteiger partial charge in [-0.1, -0.05) is 18.7 Å². The Morgan fingerprint density at radius 1 is 1.26 bits per heavy atom. The molecule has 0 aromatic carbocycles. The highest BCUT2D eigenvalue weighted by molar-refractivity contribution is 8.00. The molecule has 2 aromatic heterocycles. The number of hydrogen-bond donors (Lipinski definition) is 0. The van der Waals surface area contributed by atoms with Crippen LogP contribution in [0.4, 0.5) is 0 Å². The lowest BCUT2D eigenvalue weighted by Crippen LogP contribution is -2.50. The fraction of sp³-hybridized carbons (Fsp3) is 0.632. The summed E-state index contributed by atoms with van der Waals surface area (Å²) in [5.74, 6) is 0.138. The molecule has 0 N–H and O–H groups in total. The molecule has 0 spiro atoms. The molecular formula is C19H26N4O2S2. The predicted octanol–water partition coefficient (Wildman–Crippen LogP) is 2.13. The molecule has 1 aliphatic heterocycles. The number of aromatic nitrogens is 2. The van der Waals surface area contributed by atoms with E-state index in [2.05, 4.69) is 11.8 Å². The van der Waals surface area contributed by atoms with Crippen molar-refractivity contribution in [2.45, 2.75) is 43.5 Å². The molecule has 6 nitrogen and oxygen atoms in total. The molecule has 0 bridgehead atoms. The predicted molar refractivity (Wildman–Crippen MR) is 111 cm³/mol. The van der Waals surface area contributed by atoms with E-state index >= 15 is 0 Å². The van der Waals surface area contributed by atoms with Gasteiger partial charge in [-0.05, 0) is 38.3 Å². The van der Waals surface area contributed by atoms with Gasteiger partial charge in [-0.15, -0.1) is 11.3 Å². The monoisotopic (exact) mass is 406 g/mol. The minimum absolute atomic E-state index is 0.0260. The summed E-state index contributed by atoms with van der Waals surface area (Å²) in [5, 5.41) is 1.19. The third-order valence-corrected chi connectivity index (χ3v) is 7.98. The Morgan fingerprint density at radius 3 is 2.70 bits per heavy atom. The molecule has 1 fully saturated rings. The van der Waals surface area contributed by atoms with Gasteiger partial charge in [0.1, 0.15) is 4.83 Å². The molecule has 4 rings (SSSR count). The van der Waals surface area contributed by atoms with Gasteiger partial charge in [0.2, 0.25) is 5.91 Å². The molecular weight excluding hydrogens is 380 g/mol. The zero-order valence-electron chi connectivity index (χ0n) is 16.2. The van der Waals surface area contributed by atoms with Crippen molar-refractivity contribution < 1.29 is 4.79 Å². The molecule has 27 heavy (non-hydrogen) atoms. The molecule has 1 atom stereocenters. The van der Waals surface area contributed by atoms with Crippen molar-refractivity contribution in [3.63, 3.8) is 0 Å². The van der Waals surface area contributed by atoms with Crippen molar-refractivity contribution in [2.75, 3.05) is 32.7 Å². The number of thioether (sulfide) groups is 1. The van der Waals surface area contributed by atoms with Crippen LogP contribution in [-0.4, -0.2) is 63.2 Å². The number of nitrogens with zero attached hydrogens (tertiary/aromatic N) is 4. The first-order valence-corrected chi connectivity index (χ1v) is 11.4. The number of likely N-dealkylation sites (N-methyl/N-ethyl adjacent to an activating group) is 1. The van der Waals surface area contributed by atoms with Crippen molar-refractivity contribution >= 4 is 39.2 Å². The van der Waals surface area contributed by atoms with E-state index in [1.165, 1.54) is 22.2 Å². The maximum atomic E-state index is 12.9. The topological polar surface area (TPSA) is 58.4 Å². The average molecular weight is 407 g/mol. The summed E-state index contributed by atoms with van der Waals surface area (Å²) in [4.78, 5) is 37.0. The molecule has 8 heteroatoms. The van der Waals surface area contributed by atoms with Gasteiger partial charge in [-0.3, -0.25) is 14.2 Å². The van der Waals surface area contributed by atoms with Crippen molar-refractivity contribution in [3.8, 4) is 0 Å². The van der Waals surface area contributed by atoms with Crippen LogP contribution in [0.5, 0.6) is 0 Å². The first-order valence-electron chi connectivity index (χ1n) is 9.68. The van der Waals surface area contributed by atoms with Crippen molar-refractivity contribution in [2.24, 2.45) is 7.05 Å². The van der Waals surface area contributed by atoms with Gasteiger partial charge in [0.05, 0.1) is 10.6 Å². The highest BCUT2D eigenvalue weighted by atomic mass is 32.2. The Morgan fingerprint density at radius 2 is 2.00 bits per heavy atom. The van der Waals surface area contributed by atoms with E-state index in [9.17, 15) is 9.59 Å². The summed E-state index contributed by atoms with van der Waals surface area (Å²) in [7, 11) is 1.77. The van der Waals surface area contributed by atoms with Crippen LogP contribution in [0, 0.1) is 0 Å². The first-order chi connectivity index (χ1) is 13.0. The Hall–Kier alpha value is -1.38. The second kappa shape index (κ2) is 7.56. The number of carbonyl (C=O) groups excluding carboxylic acids is 1. The largest absolute Gasteiger partial charge is 0.339 e. The minimum Gasteiger partial charge on any atom is -0.339 e. The van der Waals surface area contributed by atoms with Crippen LogP contribution in [0.15, 0.2) is 9.95 Å². The van der Waals surface area contributed by atoms with Crippen LogP contribution in [0.25, 0.3) is 10.2 Å². The van der Waals surface area contributed by atoms with E-state index < -0.39 is 0 Å². The van der Waals surface area contributed by atoms with Crippen LogP contribution in [0.3, 0.4) is 0 Å². The smallest absolute Gasteiger partial charge is 0.262 e. The Bertz CT molecular complexity index is 928. The van der Waals surface area contributed by atoms with Gasteiger partial charge in [-0.2, -0.15) is 0 Å². The number of thiophene rings is 1. The second-order valence-electron chi connectivity index (χ2n) is 7.32. The molecule has 1 amide bonds. The quantitative estimate of drug-likeness (QED) is 0.575. The number of amides is 1. The number of fused-ring (bicyclic) bond motifs is 3. The van der Waals surface area contributed by atoms with Crippen LogP contribution in [0.2, 0.25) is 0 Å². The van der Waals surface area contributed by atoms with E-state index in [0.29, 0.717) is 5.16 Å². The summed E-state index contributed by atoms with van der Waals surface area (Å²) < 4.78 is 1.62. The number of carbonyl (C=O) groups is 1. The van der Waals surface area contributed by atoms with Crippen LogP contribution < -0.4 is 5.56 Å². The third-order valence-electron chi connectivity index (χ3n) is 5.67. The molecule has 2 aromatic rings. The van der Waals surface area contributed by atoms with Gasteiger partial charge in [0, 0.05) is 38.1 Å². The number of rotatable bonds is 4. The highest BCUT2D eigenvalue weighted by Gasteiger charge is 2.27. The van der Waals surface area contributed by atoms with Crippen molar-refractivity contribution in [3.05, 3.63) is 20.8 Å². The number of aryl methyl sites for hydroxylation is 2. The van der Waals surface area contributed by atoms with E-state index in [0.717, 1.165) is 62.2 Å². The summed E-state index contributed by atoms with van der Waals surface area (Å²) in [6, 6.07) is 0. The molecule has 0 radical (unpaired) electrons. The zero-order valence-corrected chi connectivity index (χ0v) is 17.8. The fourth-order valence-corrected chi connectivity index (χ4v) is 6.22. The molecule has 2 aliphatic rings. The van der Waals surface area contributed by atoms with Crippen LogP contribution in [-0.2, 0) is 24.7 Å². The summed E-state index contributed by atoms with van der Waals surface area (Å²) in [6.07, 6.45) is 3.17. The van der Waals surface area contributed by atoms with Crippen LogP contribution >= 0.6 is 23.1 Å². The summed E-state index contributed by atoms with van der Waals surface area (Å²) in [6.45, 7) is 8.53. The standard InChI is InChI=1S/C19H26N4O2S2/c1-4-22-8-10-23(11-9-22)17(24)12(2)26-19-20-16-15(18(25)21(19)3)13-6-5-7-14(13)27-16/h12H,4-11H2,1-3H3. The van der Waals surface area contributed by atoms with Gasteiger partial charge in [0.25, 0.3) is 5.56 Å². The summed E-state index contributed by atoms with van der Waals surface area (Å²) >= 11 is 3.05. The Labute approximate surface area is 167 Å². The van der Waals surface area contributed by atoms with Gasteiger partial charge in [0.15, 0.2) is 5.16 Å². The molecule has 1 unspecified atom stereocenters. The van der Waals surface area contributed by atoms with Gasteiger partial charge < -0.3 is 9.80 Å². The normalized spacial score (nSPS) is 18.9. The third kappa shape index (κ3) is 3.43. The lowest BCUT2D eigenvalue weighted by atomic mass is 10.2. The van der Waals surface area contributed by atoms with E-state index in [4.69, 9.17) is 4.98 Å². The lowest BCUT2D eigenvalue weighted by Gasteiger charge is -2.35. The lowest BCUT2D eigenvalue weighted by molar-refractivity contribution is -0.132. The molecule has 1 aliphatic carbocycles. The Balaban J connectivity index is 1.54. The number of piperazine rings is 1. The minimum atomic E-state index is -0.250. The number of hydrogen-bond acceptors (Lipinski definition) is 6. The summed E-state index contributed by atoms with van der Waals surface area (Å²) in [5.41, 5.74) is 1.23. The maximum absolute atomic E-state index is 12.9. The molecule has 3 heterocycles. The second-order valence-corrected chi connectivity index (χ2v) is 9.71. The SMILES string of the molecule is CCN1CCN(C(=O)C(C)Sc2nc3sc4c(c3c(=O)n2C)CCC4)CC1. The maximum Gasteiger partial charge on any atom is 0.262 e. The van der Waals surface area contributed by atoms with Crippen LogP contribution in [0.1, 0.15) is 30.7 Å². The van der Waals surface area contributed by atoms with E-state index in [1.807, 2.05) is 11.8 Å².